The molecule has 0 unspecified atom stereocenters. The third-order valence-corrected chi connectivity index (χ3v) is 3.03. The van der Waals surface area contributed by atoms with Crippen molar-refractivity contribution in [3.8, 4) is 0 Å². The van der Waals surface area contributed by atoms with Gasteiger partial charge in [0.1, 0.15) is 0 Å². The molecule has 82 valence electrons. The Kier molecular flexibility index (Phi) is 3.75. The summed E-state index contributed by atoms with van der Waals surface area (Å²) in [5.41, 5.74) is 7.49. The Morgan fingerprint density at radius 2 is 1.80 bits per heavy atom. The average molecular weight is 204 g/mol. The van der Waals surface area contributed by atoms with Gasteiger partial charge in [0.25, 0.3) is 0 Å². The van der Waals surface area contributed by atoms with E-state index >= 15 is 0 Å². The van der Waals surface area contributed by atoms with Crippen LogP contribution >= 0.6 is 0 Å². The first kappa shape index (κ1) is 10.7. The van der Waals surface area contributed by atoms with Crippen LogP contribution in [0.5, 0.6) is 0 Å². The maximum absolute atomic E-state index is 6.14. The van der Waals surface area contributed by atoms with Gasteiger partial charge in [0.15, 0.2) is 0 Å². The molecule has 1 aliphatic rings. The van der Waals surface area contributed by atoms with Crippen LogP contribution in [0, 0.1) is 0 Å². The molecule has 1 aliphatic heterocycles. The van der Waals surface area contributed by atoms with E-state index in [0.29, 0.717) is 0 Å². The minimum absolute atomic E-state index is 0.283. The van der Waals surface area contributed by atoms with Crippen molar-refractivity contribution in [2.45, 2.75) is 25.3 Å². The van der Waals surface area contributed by atoms with Crippen molar-refractivity contribution in [3.63, 3.8) is 0 Å². The molecule has 2 nitrogen and oxygen atoms in total. The van der Waals surface area contributed by atoms with Gasteiger partial charge in [-0.05, 0) is 37.9 Å². The van der Waals surface area contributed by atoms with E-state index < -0.39 is 0 Å². The molecule has 0 amide bonds. The molecule has 15 heavy (non-hydrogen) atoms. The number of hydrogen-bond acceptors (Lipinski definition) is 2. The second kappa shape index (κ2) is 5.29. The fraction of sp³-hybridized carbons (Fsp3) is 0.538. The van der Waals surface area contributed by atoms with E-state index in [0.717, 1.165) is 13.0 Å². The first-order valence-corrected chi connectivity index (χ1v) is 5.86. The van der Waals surface area contributed by atoms with Crippen molar-refractivity contribution < 1.29 is 0 Å². The predicted molar refractivity (Wildman–Crippen MR) is 63.8 cm³/mol. The molecule has 0 radical (unpaired) electrons. The highest BCUT2D eigenvalue weighted by Crippen LogP contribution is 2.09. The first-order valence-electron chi connectivity index (χ1n) is 5.86. The third kappa shape index (κ3) is 3.33. The van der Waals surface area contributed by atoms with Gasteiger partial charge in [0.2, 0.25) is 0 Å². The summed E-state index contributed by atoms with van der Waals surface area (Å²) in [5.74, 6) is 0. The predicted octanol–water partition coefficient (Wildman–Crippen LogP) is 1.65. The maximum atomic E-state index is 6.14. The standard InChI is InChI=1S/C13H20N2/c14-13(11-15-8-4-5-9-15)10-12-6-2-1-3-7-12/h1-3,6-7,13H,4-5,8-11,14H2/t13-/m0/s1. The molecule has 0 spiro atoms. The number of rotatable bonds is 4. The summed E-state index contributed by atoms with van der Waals surface area (Å²) in [6.07, 6.45) is 3.69. The minimum atomic E-state index is 0.283. The number of nitrogens with two attached hydrogens (primary N) is 1. The van der Waals surface area contributed by atoms with Crippen LogP contribution in [0.25, 0.3) is 0 Å². The summed E-state index contributed by atoms with van der Waals surface area (Å²) in [6.45, 7) is 3.53. The average Bonchev–Trinajstić information content (AvgIpc) is 2.71. The molecule has 1 fully saturated rings. The summed E-state index contributed by atoms with van der Waals surface area (Å²) in [4.78, 5) is 2.48. The lowest BCUT2D eigenvalue weighted by atomic mass is 10.1. The highest BCUT2D eigenvalue weighted by atomic mass is 15.1. The van der Waals surface area contributed by atoms with Gasteiger partial charge in [0, 0.05) is 12.6 Å². The Labute approximate surface area is 92.1 Å². The Balaban J connectivity index is 1.79. The van der Waals surface area contributed by atoms with Gasteiger partial charge in [-0.25, -0.2) is 0 Å². The monoisotopic (exact) mass is 204 g/mol. The van der Waals surface area contributed by atoms with Crippen LogP contribution in [0.4, 0.5) is 0 Å². The highest BCUT2D eigenvalue weighted by Gasteiger charge is 2.14. The summed E-state index contributed by atoms with van der Waals surface area (Å²) < 4.78 is 0. The molecule has 1 aromatic carbocycles. The second-order valence-electron chi connectivity index (χ2n) is 4.46. The molecule has 1 heterocycles. The van der Waals surface area contributed by atoms with Gasteiger partial charge in [-0.15, -0.1) is 0 Å². The highest BCUT2D eigenvalue weighted by molar-refractivity contribution is 5.15. The molecule has 1 atom stereocenters. The maximum Gasteiger partial charge on any atom is 0.0208 e. The number of nitrogens with zero attached hydrogens (tertiary/aromatic N) is 1. The summed E-state index contributed by atoms with van der Waals surface area (Å²) >= 11 is 0. The second-order valence-corrected chi connectivity index (χ2v) is 4.46. The van der Waals surface area contributed by atoms with Crippen molar-refractivity contribution in [3.05, 3.63) is 35.9 Å². The van der Waals surface area contributed by atoms with E-state index in [1.807, 2.05) is 0 Å². The lowest BCUT2D eigenvalue weighted by Gasteiger charge is -2.20. The third-order valence-electron chi connectivity index (χ3n) is 3.03. The topological polar surface area (TPSA) is 29.3 Å². The fourth-order valence-electron chi connectivity index (χ4n) is 2.28. The molecule has 0 aliphatic carbocycles. The zero-order valence-electron chi connectivity index (χ0n) is 9.23. The quantitative estimate of drug-likeness (QED) is 0.808. The normalized spacial score (nSPS) is 19.3. The van der Waals surface area contributed by atoms with Gasteiger partial charge in [0.05, 0.1) is 0 Å². The number of benzene rings is 1. The molecule has 2 rings (SSSR count). The first-order chi connectivity index (χ1) is 7.34. The van der Waals surface area contributed by atoms with E-state index in [9.17, 15) is 0 Å². The SMILES string of the molecule is N[C@@H](Cc1ccccc1)CN1CCCC1. The van der Waals surface area contributed by atoms with E-state index in [1.54, 1.807) is 0 Å². The van der Waals surface area contributed by atoms with Crippen molar-refractivity contribution >= 4 is 0 Å². The molecule has 0 saturated carbocycles. The zero-order valence-corrected chi connectivity index (χ0v) is 9.23. The molecule has 2 N–H and O–H groups in total. The fourth-order valence-corrected chi connectivity index (χ4v) is 2.28. The van der Waals surface area contributed by atoms with Gasteiger partial charge in [-0.2, -0.15) is 0 Å². The molecular formula is C13H20N2. The van der Waals surface area contributed by atoms with E-state index in [2.05, 4.69) is 35.2 Å². The van der Waals surface area contributed by atoms with Crippen molar-refractivity contribution in [2.24, 2.45) is 5.73 Å². The van der Waals surface area contributed by atoms with Crippen LogP contribution in [-0.4, -0.2) is 30.6 Å². The van der Waals surface area contributed by atoms with Crippen LogP contribution in [0.15, 0.2) is 30.3 Å². The van der Waals surface area contributed by atoms with Crippen molar-refractivity contribution in [1.29, 1.82) is 0 Å². The van der Waals surface area contributed by atoms with Gasteiger partial charge in [-0.3, -0.25) is 0 Å². The molecule has 1 aromatic rings. The Hall–Kier alpha value is -0.860. The van der Waals surface area contributed by atoms with Crippen LogP contribution in [-0.2, 0) is 6.42 Å². The van der Waals surface area contributed by atoms with Crippen LogP contribution in [0.2, 0.25) is 0 Å². The molecule has 1 saturated heterocycles. The van der Waals surface area contributed by atoms with Gasteiger partial charge < -0.3 is 10.6 Å². The molecule has 0 bridgehead atoms. The molecule has 0 aromatic heterocycles. The van der Waals surface area contributed by atoms with E-state index in [1.165, 1.54) is 31.5 Å². The Morgan fingerprint density at radius 1 is 1.13 bits per heavy atom. The number of likely N-dealkylation sites (tertiary alicyclic amines) is 1. The Bertz CT molecular complexity index is 278. The minimum Gasteiger partial charge on any atom is -0.326 e. The van der Waals surface area contributed by atoms with Gasteiger partial charge >= 0.3 is 0 Å². The number of hydrogen-bond donors (Lipinski definition) is 1. The van der Waals surface area contributed by atoms with Crippen molar-refractivity contribution in [1.82, 2.24) is 4.90 Å². The summed E-state index contributed by atoms with van der Waals surface area (Å²) in [6, 6.07) is 10.8. The van der Waals surface area contributed by atoms with Crippen molar-refractivity contribution in [2.75, 3.05) is 19.6 Å². The lowest BCUT2D eigenvalue weighted by molar-refractivity contribution is 0.313. The molecular weight excluding hydrogens is 184 g/mol. The van der Waals surface area contributed by atoms with Crippen LogP contribution < -0.4 is 5.73 Å². The molecule has 2 heteroatoms. The van der Waals surface area contributed by atoms with E-state index in [4.69, 9.17) is 5.73 Å². The van der Waals surface area contributed by atoms with Crippen LogP contribution in [0.1, 0.15) is 18.4 Å². The van der Waals surface area contributed by atoms with Gasteiger partial charge in [-0.1, -0.05) is 30.3 Å². The summed E-state index contributed by atoms with van der Waals surface area (Å²) in [7, 11) is 0. The van der Waals surface area contributed by atoms with Crippen LogP contribution in [0.3, 0.4) is 0 Å². The smallest absolute Gasteiger partial charge is 0.0208 e. The Morgan fingerprint density at radius 3 is 2.47 bits per heavy atom. The lowest BCUT2D eigenvalue weighted by Crippen LogP contribution is -2.37. The zero-order chi connectivity index (χ0) is 10.5. The summed E-state index contributed by atoms with van der Waals surface area (Å²) in [5, 5.41) is 0. The van der Waals surface area contributed by atoms with E-state index in [-0.39, 0.29) is 6.04 Å². The largest absolute Gasteiger partial charge is 0.326 e.